The highest BCUT2D eigenvalue weighted by atomic mass is 35.5. The van der Waals surface area contributed by atoms with Crippen LogP contribution in [0.2, 0.25) is 5.02 Å². The van der Waals surface area contributed by atoms with Crippen LogP contribution < -0.4 is 19.5 Å². The number of carbonyl (C=O) groups is 1. The minimum atomic E-state index is -0.255. The molecule has 0 atom stereocenters. The van der Waals surface area contributed by atoms with Crippen molar-refractivity contribution in [1.82, 2.24) is 0 Å². The van der Waals surface area contributed by atoms with E-state index in [0.29, 0.717) is 28.8 Å². The van der Waals surface area contributed by atoms with Crippen LogP contribution in [-0.4, -0.2) is 26.7 Å². The molecule has 2 aromatic carbocycles. The van der Waals surface area contributed by atoms with Gasteiger partial charge in [0.15, 0.2) is 11.5 Å². The third kappa shape index (κ3) is 5.16. The van der Waals surface area contributed by atoms with Gasteiger partial charge in [-0.3, -0.25) is 4.79 Å². The van der Waals surface area contributed by atoms with Gasteiger partial charge in [-0.05, 0) is 55.0 Å². The van der Waals surface area contributed by atoms with Gasteiger partial charge in [-0.15, -0.1) is 0 Å². The van der Waals surface area contributed by atoms with Crippen LogP contribution in [0.3, 0.4) is 0 Å². The molecule has 2 aromatic rings. The Hall–Kier alpha value is -2.66. The summed E-state index contributed by atoms with van der Waals surface area (Å²) in [6.45, 7) is 2.35. The second-order valence-electron chi connectivity index (χ2n) is 5.02. The summed E-state index contributed by atoms with van der Waals surface area (Å²) in [4.78, 5) is 12.0. The number of hydrogen-bond donors (Lipinski definition) is 1. The third-order valence-corrected chi connectivity index (χ3v) is 3.61. The fraction of sp³-hybridized carbons (Fsp3) is 0.211. The second-order valence-corrected chi connectivity index (χ2v) is 5.43. The van der Waals surface area contributed by atoms with Gasteiger partial charge in [-0.1, -0.05) is 11.6 Å². The van der Waals surface area contributed by atoms with Crippen molar-refractivity contribution in [3.63, 3.8) is 0 Å². The van der Waals surface area contributed by atoms with E-state index in [1.807, 2.05) is 6.92 Å². The van der Waals surface area contributed by atoms with E-state index < -0.39 is 0 Å². The molecule has 0 fully saturated rings. The SMILES string of the molecule is CCOc1c(Cl)cc(C=CC(=O)Nc2ccc(OC)cc2)cc1OC. The number of methoxy groups -OCH3 is 2. The van der Waals surface area contributed by atoms with Crippen LogP contribution in [0.1, 0.15) is 12.5 Å². The molecular formula is C19H20ClNO4. The van der Waals surface area contributed by atoms with Crippen molar-refractivity contribution in [2.45, 2.75) is 6.92 Å². The normalized spacial score (nSPS) is 10.6. The average molecular weight is 362 g/mol. The molecule has 25 heavy (non-hydrogen) atoms. The molecule has 1 N–H and O–H groups in total. The van der Waals surface area contributed by atoms with Crippen LogP contribution in [0.4, 0.5) is 5.69 Å². The summed E-state index contributed by atoms with van der Waals surface area (Å²) in [5.41, 5.74) is 1.41. The maximum Gasteiger partial charge on any atom is 0.248 e. The minimum absolute atomic E-state index is 0.255. The highest BCUT2D eigenvalue weighted by Crippen LogP contribution is 2.36. The zero-order valence-electron chi connectivity index (χ0n) is 14.3. The van der Waals surface area contributed by atoms with Crippen LogP contribution in [0.15, 0.2) is 42.5 Å². The first-order valence-electron chi connectivity index (χ1n) is 7.70. The Bertz CT molecular complexity index is 757. The van der Waals surface area contributed by atoms with Crippen molar-refractivity contribution in [3.05, 3.63) is 53.1 Å². The Labute approximate surface area is 152 Å². The summed E-state index contributed by atoms with van der Waals surface area (Å²) < 4.78 is 15.8. The molecule has 6 heteroatoms. The lowest BCUT2D eigenvalue weighted by Gasteiger charge is -2.11. The standard InChI is InChI=1S/C19H20ClNO4/c1-4-25-19-16(20)11-13(12-17(19)24-3)5-10-18(22)21-14-6-8-15(23-2)9-7-14/h5-12H,4H2,1-3H3,(H,21,22). The minimum Gasteiger partial charge on any atom is -0.497 e. The molecule has 132 valence electrons. The summed E-state index contributed by atoms with van der Waals surface area (Å²) in [5.74, 6) is 1.48. The van der Waals surface area contributed by atoms with Gasteiger partial charge in [0.05, 0.1) is 25.8 Å². The first-order valence-corrected chi connectivity index (χ1v) is 8.08. The van der Waals surface area contributed by atoms with E-state index in [4.69, 9.17) is 25.8 Å². The number of nitrogens with one attached hydrogen (secondary N) is 1. The Kier molecular flexibility index (Phi) is 6.71. The molecule has 0 aliphatic heterocycles. The number of rotatable bonds is 7. The maximum absolute atomic E-state index is 12.0. The number of hydrogen-bond acceptors (Lipinski definition) is 4. The van der Waals surface area contributed by atoms with Crippen molar-refractivity contribution in [2.24, 2.45) is 0 Å². The molecular weight excluding hydrogens is 342 g/mol. The average Bonchev–Trinajstić information content (AvgIpc) is 2.62. The van der Waals surface area contributed by atoms with E-state index in [-0.39, 0.29) is 5.91 Å². The van der Waals surface area contributed by atoms with Crippen molar-refractivity contribution in [1.29, 1.82) is 0 Å². The fourth-order valence-corrected chi connectivity index (χ4v) is 2.42. The molecule has 0 bridgehead atoms. The van der Waals surface area contributed by atoms with E-state index in [9.17, 15) is 4.79 Å². The highest BCUT2D eigenvalue weighted by molar-refractivity contribution is 6.32. The molecule has 0 radical (unpaired) electrons. The van der Waals surface area contributed by atoms with Gasteiger partial charge in [0.25, 0.3) is 0 Å². The molecule has 0 saturated carbocycles. The Balaban J connectivity index is 2.09. The van der Waals surface area contributed by atoms with Gasteiger partial charge in [-0.2, -0.15) is 0 Å². The van der Waals surface area contributed by atoms with Crippen LogP contribution in [0, 0.1) is 0 Å². The number of ether oxygens (including phenoxy) is 3. The Morgan fingerprint density at radius 2 is 1.88 bits per heavy atom. The lowest BCUT2D eigenvalue weighted by Crippen LogP contribution is -2.07. The Morgan fingerprint density at radius 1 is 1.16 bits per heavy atom. The number of amides is 1. The molecule has 0 heterocycles. The van der Waals surface area contributed by atoms with Gasteiger partial charge >= 0.3 is 0 Å². The number of benzene rings is 2. The molecule has 5 nitrogen and oxygen atoms in total. The van der Waals surface area contributed by atoms with Gasteiger partial charge in [0.2, 0.25) is 5.91 Å². The Morgan fingerprint density at radius 3 is 2.48 bits per heavy atom. The van der Waals surface area contributed by atoms with Crippen LogP contribution in [-0.2, 0) is 4.79 Å². The first kappa shape index (κ1) is 18.7. The largest absolute Gasteiger partial charge is 0.497 e. The van der Waals surface area contributed by atoms with E-state index in [1.165, 1.54) is 13.2 Å². The fourth-order valence-electron chi connectivity index (χ4n) is 2.15. The zero-order chi connectivity index (χ0) is 18.2. The molecule has 0 aliphatic carbocycles. The lowest BCUT2D eigenvalue weighted by atomic mass is 10.2. The van der Waals surface area contributed by atoms with Crippen LogP contribution in [0.25, 0.3) is 6.08 Å². The molecule has 0 unspecified atom stereocenters. The predicted molar refractivity (Wildman–Crippen MR) is 99.8 cm³/mol. The van der Waals surface area contributed by atoms with E-state index in [0.717, 1.165) is 11.3 Å². The van der Waals surface area contributed by atoms with E-state index in [2.05, 4.69) is 5.32 Å². The predicted octanol–water partition coefficient (Wildman–Crippen LogP) is 4.41. The van der Waals surface area contributed by atoms with Gasteiger partial charge in [0, 0.05) is 11.8 Å². The van der Waals surface area contributed by atoms with E-state index >= 15 is 0 Å². The highest BCUT2D eigenvalue weighted by Gasteiger charge is 2.10. The molecule has 1 amide bonds. The summed E-state index contributed by atoms with van der Waals surface area (Å²) in [7, 11) is 3.13. The molecule has 0 saturated heterocycles. The summed E-state index contributed by atoms with van der Waals surface area (Å²) in [6.07, 6.45) is 3.08. The number of halogens is 1. The maximum atomic E-state index is 12.0. The van der Waals surface area contributed by atoms with Gasteiger partial charge in [0.1, 0.15) is 5.75 Å². The van der Waals surface area contributed by atoms with Crippen LogP contribution in [0.5, 0.6) is 17.2 Å². The summed E-state index contributed by atoms with van der Waals surface area (Å²) in [5, 5.41) is 3.20. The first-order chi connectivity index (χ1) is 12.1. The molecule has 0 aliphatic rings. The van der Waals surface area contributed by atoms with Crippen molar-refractivity contribution in [2.75, 3.05) is 26.1 Å². The molecule has 2 rings (SSSR count). The van der Waals surface area contributed by atoms with Crippen LogP contribution >= 0.6 is 11.6 Å². The third-order valence-electron chi connectivity index (χ3n) is 3.33. The topological polar surface area (TPSA) is 56.8 Å². The second kappa shape index (κ2) is 8.99. The monoisotopic (exact) mass is 361 g/mol. The summed E-state index contributed by atoms with van der Waals surface area (Å²) in [6, 6.07) is 10.6. The quantitative estimate of drug-likeness (QED) is 0.742. The smallest absolute Gasteiger partial charge is 0.248 e. The molecule has 0 aromatic heterocycles. The van der Waals surface area contributed by atoms with Crippen molar-refractivity contribution in [3.8, 4) is 17.2 Å². The summed E-state index contributed by atoms with van der Waals surface area (Å²) >= 11 is 6.21. The van der Waals surface area contributed by atoms with Gasteiger partial charge < -0.3 is 19.5 Å². The number of anilines is 1. The zero-order valence-corrected chi connectivity index (χ0v) is 15.1. The van der Waals surface area contributed by atoms with E-state index in [1.54, 1.807) is 49.6 Å². The van der Waals surface area contributed by atoms with Crippen molar-refractivity contribution >= 4 is 29.3 Å². The number of carbonyl (C=O) groups excluding carboxylic acids is 1. The van der Waals surface area contributed by atoms with Crippen molar-refractivity contribution < 1.29 is 19.0 Å². The lowest BCUT2D eigenvalue weighted by molar-refractivity contribution is -0.111. The van der Waals surface area contributed by atoms with Gasteiger partial charge in [-0.25, -0.2) is 0 Å². The molecule has 0 spiro atoms.